The number of hydrogen-bond acceptors (Lipinski definition) is 4. The predicted molar refractivity (Wildman–Crippen MR) is 84.3 cm³/mol. The van der Waals surface area contributed by atoms with E-state index in [1.54, 1.807) is 6.08 Å². The Bertz CT molecular complexity index is 488. The molecule has 0 radical (unpaired) electrons. The number of hydroxylamine groups is 2. The van der Waals surface area contributed by atoms with E-state index in [0.29, 0.717) is 30.1 Å². The SMILES string of the molecule is C=C(N)CN(C)C(=C)CCCC(=C)ON1C(=C)C=CC1=O. The fourth-order valence-electron chi connectivity index (χ4n) is 1.82. The van der Waals surface area contributed by atoms with Gasteiger partial charge in [-0.2, -0.15) is 0 Å². The van der Waals surface area contributed by atoms with Crippen LogP contribution in [-0.2, 0) is 9.63 Å². The van der Waals surface area contributed by atoms with Gasteiger partial charge in [0.2, 0.25) is 0 Å². The predicted octanol–water partition coefficient (Wildman–Crippen LogP) is 2.43. The topological polar surface area (TPSA) is 58.8 Å². The summed E-state index contributed by atoms with van der Waals surface area (Å²) in [5, 5.41) is 1.14. The van der Waals surface area contributed by atoms with Crippen molar-refractivity contribution < 1.29 is 9.63 Å². The highest BCUT2D eigenvalue weighted by atomic mass is 16.7. The fourth-order valence-corrected chi connectivity index (χ4v) is 1.82. The van der Waals surface area contributed by atoms with E-state index >= 15 is 0 Å². The summed E-state index contributed by atoms with van der Waals surface area (Å²) in [5.74, 6) is 0.277. The standard InChI is InChI=1S/C16H23N3O2/c1-12(17)11-18(5)13(2)7-6-8-15(4)21-19-14(3)9-10-16(19)20/h9-10H,1-4,6-8,11,17H2,5H3. The zero-order valence-electron chi connectivity index (χ0n) is 12.6. The molecule has 5 nitrogen and oxygen atoms in total. The third-order valence-electron chi connectivity index (χ3n) is 3.00. The monoisotopic (exact) mass is 289 g/mol. The summed E-state index contributed by atoms with van der Waals surface area (Å²) in [6, 6.07) is 0. The first kappa shape index (κ1) is 16.6. The molecule has 114 valence electrons. The first-order valence-electron chi connectivity index (χ1n) is 6.70. The Morgan fingerprint density at radius 3 is 2.52 bits per heavy atom. The molecule has 2 N–H and O–H groups in total. The van der Waals surface area contributed by atoms with Gasteiger partial charge in [0, 0.05) is 30.9 Å². The number of amides is 1. The van der Waals surface area contributed by atoms with Crippen LogP contribution in [0.25, 0.3) is 0 Å². The number of hydrogen-bond donors (Lipinski definition) is 1. The van der Waals surface area contributed by atoms with Gasteiger partial charge >= 0.3 is 0 Å². The minimum atomic E-state index is -0.244. The number of carbonyl (C=O) groups excluding carboxylic acids is 1. The summed E-state index contributed by atoms with van der Waals surface area (Å²) in [6.45, 7) is 15.8. The average Bonchev–Trinajstić information content (AvgIpc) is 2.69. The number of carbonyl (C=O) groups is 1. The summed E-state index contributed by atoms with van der Waals surface area (Å²) >= 11 is 0. The van der Waals surface area contributed by atoms with Crippen LogP contribution in [0.1, 0.15) is 19.3 Å². The van der Waals surface area contributed by atoms with Crippen LogP contribution in [0.3, 0.4) is 0 Å². The summed E-state index contributed by atoms with van der Waals surface area (Å²) in [5.41, 5.74) is 7.64. The van der Waals surface area contributed by atoms with Crippen molar-refractivity contribution in [3.05, 3.63) is 61.3 Å². The number of allylic oxidation sites excluding steroid dienone is 3. The van der Waals surface area contributed by atoms with Crippen LogP contribution in [0.4, 0.5) is 0 Å². The molecule has 5 heteroatoms. The molecular formula is C16H23N3O2. The molecule has 21 heavy (non-hydrogen) atoms. The van der Waals surface area contributed by atoms with Crippen molar-refractivity contribution in [3.63, 3.8) is 0 Å². The van der Waals surface area contributed by atoms with Crippen molar-refractivity contribution in [2.24, 2.45) is 5.73 Å². The van der Waals surface area contributed by atoms with E-state index in [1.165, 1.54) is 6.08 Å². The lowest BCUT2D eigenvalue weighted by Gasteiger charge is -2.22. The Hall–Kier alpha value is -2.43. The Labute approximate surface area is 126 Å². The van der Waals surface area contributed by atoms with Crippen LogP contribution in [-0.4, -0.2) is 29.5 Å². The first-order chi connectivity index (χ1) is 9.81. The molecule has 1 amide bonds. The molecule has 0 fully saturated rings. The normalized spacial score (nSPS) is 13.5. The third kappa shape index (κ3) is 5.22. The highest BCUT2D eigenvalue weighted by Gasteiger charge is 2.21. The summed E-state index contributed by atoms with van der Waals surface area (Å²) in [6.07, 6.45) is 5.26. The van der Waals surface area contributed by atoms with E-state index in [9.17, 15) is 4.79 Å². The summed E-state index contributed by atoms with van der Waals surface area (Å²) in [7, 11) is 1.92. The maximum atomic E-state index is 11.5. The lowest BCUT2D eigenvalue weighted by molar-refractivity contribution is -0.154. The smallest absolute Gasteiger partial charge is 0.284 e. The van der Waals surface area contributed by atoms with Gasteiger partial charge in [-0.3, -0.25) is 4.79 Å². The van der Waals surface area contributed by atoms with Gasteiger partial charge < -0.3 is 15.5 Å². The molecule has 0 bridgehead atoms. The van der Waals surface area contributed by atoms with E-state index in [2.05, 4.69) is 26.3 Å². The lowest BCUT2D eigenvalue weighted by Crippen LogP contribution is -2.24. The van der Waals surface area contributed by atoms with Crippen LogP contribution >= 0.6 is 0 Å². The zero-order valence-corrected chi connectivity index (χ0v) is 12.6. The van der Waals surface area contributed by atoms with Crippen LogP contribution < -0.4 is 5.73 Å². The van der Waals surface area contributed by atoms with Crippen molar-refractivity contribution in [2.45, 2.75) is 19.3 Å². The zero-order chi connectivity index (χ0) is 16.0. The van der Waals surface area contributed by atoms with Crippen LogP contribution in [0, 0.1) is 0 Å². The maximum absolute atomic E-state index is 11.5. The number of rotatable bonds is 9. The number of nitrogens with two attached hydrogens (primary N) is 1. The first-order valence-corrected chi connectivity index (χ1v) is 6.70. The molecule has 0 atom stereocenters. The molecule has 1 heterocycles. The molecule has 0 spiro atoms. The minimum Gasteiger partial charge on any atom is -0.401 e. The van der Waals surface area contributed by atoms with Gasteiger partial charge in [-0.05, 0) is 18.9 Å². The summed E-state index contributed by atoms with van der Waals surface area (Å²) < 4.78 is 0. The molecule has 0 aromatic heterocycles. The molecule has 0 aliphatic carbocycles. The summed E-state index contributed by atoms with van der Waals surface area (Å²) in [4.78, 5) is 18.8. The fraction of sp³-hybridized carbons (Fsp3) is 0.312. The van der Waals surface area contributed by atoms with Gasteiger partial charge in [0.05, 0.1) is 12.2 Å². The quantitative estimate of drug-likeness (QED) is 0.662. The third-order valence-corrected chi connectivity index (χ3v) is 3.00. The van der Waals surface area contributed by atoms with Gasteiger partial charge in [0.25, 0.3) is 5.91 Å². The minimum absolute atomic E-state index is 0.244. The molecule has 0 saturated carbocycles. The second-order valence-corrected chi connectivity index (χ2v) is 5.02. The van der Waals surface area contributed by atoms with Gasteiger partial charge in [-0.1, -0.05) is 26.3 Å². The molecule has 1 aliphatic heterocycles. The molecule has 0 aromatic rings. The molecular weight excluding hydrogens is 266 g/mol. The Balaban J connectivity index is 2.28. The van der Waals surface area contributed by atoms with Gasteiger partial charge in [-0.15, -0.1) is 5.06 Å². The molecule has 0 unspecified atom stereocenters. The number of likely N-dealkylation sites (N-methyl/N-ethyl adjacent to an activating group) is 1. The average molecular weight is 289 g/mol. The van der Waals surface area contributed by atoms with Gasteiger partial charge in [-0.25, -0.2) is 0 Å². The van der Waals surface area contributed by atoms with E-state index < -0.39 is 0 Å². The highest BCUT2D eigenvalue weighted by molar-refractivity contribution is 5.92. The maximum Gasteiger partial charge on any atom is 0.284 e. The lowest BCUT2D eigenvalue weighted by atomic mass is 10.2. The van der Waals surface area contributed by atoms with E-state index in [4.69, 9.17) is 10.6 Å². The van der Waals surface area contributed by atoms with Crippen molar-refractivity contribution in [3.8, 4) is 0 Å². The second-order valence-electron chi connectivity index (χ2n) is 5.02. The van der Waals surface area contributed by atoms with Crippen molar-refractivity contribution in [1.29, 1.82) is 0 Å². The van der Waals surface area contributed by atoms with E-state index in [1.807, 2.05) is 11.9 Å². The van der Waals surface area contributed by atoms with Crippen molar-refractivity contribution in [1.82, 2.24) is 9.96 Å². The molecule has 1 rings (SSSR count). The largest absolute Gasteiger partial charge is 0.401 e. The Kier molecular flexibility index (Phi) is 5.84. The van der Waals surface area contributed by atoms with Gasteiger partial charge in [0.15, 0.2) is 0 Å². The molecule has 1 aliphatic rings. The van der Waals surface area contributed by atoms with Crippen LogP contribution in [0.5, 0.6) is 0 Å². The number of nitrogens with zero attached hydrogens (tertiary/aromatic N) is 2. The molecule has 0 saturated heterocycles. The Morgan fingerprint density at radius 2 is 2.00 bits per heavy atom. The van der Waals surface area contributed by atoms with Gasteiger partial charge in [0.1, 0.15) is 5.76 Å². The van der Waals surface area contributed by atoms with E-state index in [0.717, 1.165) is 23.6 Å². The highest BCUT2D eigenvalue weighted by Crippen LogP contribution is 2.19. The van der Waals surface area contributed by atoms with Crippen LogP contribution in [0.15, 0.2) is 61.3 Å². The van der Waals surface area contributed by atoms with E-state index in [-0.39, 0.29) is 5.91 Å². The van der Waals surface area contributed by atoms with Crippen LogP contribution in [0.2, 0.25) is 0 Å². The Morgan fingerprint density at radius 1 is 1.33 bits per heavy atom. The van der Waals surface area contributed by atoms with Crippen molar-refractivity contribution >= 4 is 5.91 Å². The molecule has 0 aromatic carbocycles. The van der Waals surface area contributed by atoms with Crippen molar-refractivity contribution in [2.75, 3.05) is 13.6 Å². The second kappa shape index (κ2) is 7.38.